The van der Waals surface area contributed by atoms with Gasteiger partial charge in [0, 0.05) is 24.9 Å². The first-order valence-electron chi connectivity index (χ1n) is 9.85. The van der Waals surface area contributed by atoms with Crippen LogP contribution in [0.5, 0.6) is 0 Å². The molecule has 5 heteroatoms. The van der Waals surface area contributed by atoms with Crippen molar-refractivity contribution < 1.29 is 9.59 Å². The number of amides is 2. The van der Waals surface area contributed by atoms with Crippen molar-refractivity contribution in [2.24, 2.45) is 23.5 Å². The molecule has 1 unspecified atom stereocenters. The summed E-state index contributed by atoms with van der Waals surface area (Å²) in [4.78, 5) is 24.4. The van der Waals surface area contributed by atoms with Crippen LogP contribution in [0.3, 0.4) is 0 Å². The average Bonchev–Trinajstić information content (AvgIpc) is 2.60. The Morgan fingerprint density at radius 2 is 1.71 bits per heavy atom. The minimum absolute atomic E-state index is 0.0986. The minimum Gasteiger partial charge on any atom is -0.356 e. The molecule has 0 spiro atoms. The van der Waals surface area contributed by atoms with Gasteiger partial charge in [-0.25, -0.2) is 0 Å². The van der Waals surface area contributed by atoms with E-state index in [0.717, 1.165) is 25.7 Å². The Bertz CT molecular complexity index is 399. The Morgan fingerprint density at radius 3 is 2.33 bits per heavy atom. The summed E-state index contributed by atoms with van der Waals surface area (Å²) in [6.07, 6.45) is 10.6. The number of hydrogen-bond acceptors (Lipinski definition) is 3. The van der Waals surface area contributed by atoms with Crippen molar-refractivity contribution in [2.75, 3.05) is 13.1 Å². The Hall–Kier alpha value is -1.10. The first-order valence-corrected chi connectivity index (χ1v) is 9.85. The molecule has 0 aromatic rings. The highest BCUT2D eigenvalue weighted by molar-refractivity contribution is 5.79. The van der Waals surface area contributed by atoms with Crippen molar-refractivity contribution in [1.29, 1.82) is 0 Å². The molecule has 2 fully saturated rings. The fourth-order valence-electron chi connectivity index (χ4n) is 3.94. The molecule has 2 saturated carbocycles. The number of hydrogen-bond donors (Lipinski definition) is 3. The van der Waals surface area contributed by atoms with E-state index in [4.69, 9.17) is 5.73 Å². The molecule has 138 valence electrons. The lowest BCUT2D eigenvalue weighted by Gasteiger charge is -2.29. The van der Waals surface area contributed by atoms with E-state index in [-0.39, 0.29) is 23.8 Å². The van der Waals surface area contributed by atoms with Gasteiger partial charge >= 0.3 is 0 Å². The molecule has 0 aromatic carbocycles. The summed E-state index contributed by atoms with van der Waals surface area (Å²) in [5.74, 6) is 1.38. The number of rotatable bonds is 7. The third kappa shape index (κ3) is 6.42. The third-order valence-electron chi connectivity index (χ3n) is 5.69. The van der Waals surface area contributed by atoms with Crippen molar-refractivity contribution in [1.82, 2.24) is 10.6 Å². The summed E-state index contributed by atoms with van der Waals surface area (Å²) < 4.78 is 0. The second-order valence-corrected chi connectivity index (χ2v) is 7.91. The summed E-state index contributed by atoms with van der Waals surface area (Å²) in [6.45, 7) is 3.30. The highest BCUT2D eigenvalue weighted by atomic mass is 16.2. The maximum absolute atomic E-state index is 12.2. The van der Waals surface area contributed by atoms with E-state index in [1.54, 1.807) is 0 Å². The zero-order valence-electron chi connectivity index (χ0n) is 15.2. The van der Waals surface area contributed by atoms with Gasteiger partial charge in [-0.15, -0.1) is 0 Å². The molecular formula is C19H35N3O2. The Balaban J connectivity index is 1.63. The smallest absolute Gasteiger partial charge is 0.223 e. The lowest BCUT2D eigenvalue weighted by atomic mass is 9.84. The van der Waals surface area contributed by atoms with Gasteiger partial charge in [0.15, 0.2) is 0 Å². The topological polar surface area (TPSA) is 84.2 Å². The van der Waals surface area contributed by atoms with Crippen LogP contribution >= 0.6 is 0 Å². The Labute approximate surface area is 146 Å². The molecule has 0 aromatic heterocycles. The van der Waals surface area contributed by atoms with Gasteiger partial charge in [-0.2, -0.15) is 0 Å². The molecule has 0 radical (unpaired) electrons. The molecule has 2 aliphatic rings. The SMILES string of the molecule is CC(CN)CNC(=O)C1CCC(NC(=O)CC2CCCCC2)CC1. The second-order valence-electron chi connectivity index (χ2n) is 7.91. The number of carbonyl (C=O) groups excluding carboxylic acids is 2. The molecule has 2 amide bonds. The summed E-state index contributed by atoms with van der Waals surface area (Å²) >= 11 is 0. The van der Waals surface area contributed by atoms with E-state index in [1.165, 1.54) is 32.1 Å². The van der Waals surface area contributed by atoms with Crippen LogP contribution in [0.1, 0.15) is 71.1 Å². The lowest BCUT2D eigenvalue weighted by molar-refractivity contribution is -0.126. The standard InChI is InChI=1S/C19H35N3O2/c1-14(12-20)13-21-19(24)16-7-9-17(10-8-16)22-18(23)11-15-5-3-2-4-6-15/h14-17H,2-13,20H2,1H3,(H,21,24)(H,22,23). The van der Waals surface area contributed by atoms with Crippen LogP contribution in [0, 0.1) is 17.8 Å². The molecule has 0 heterocycles. The normalized spacial score (nSPS) is 26.6. The number of nitrogens with one attached hydrogen (secondary N) is 2. The van der Waals surface area contributed by atoms with Crippen molar-refractivity contribution in [2.45, 2.75) is 77.2 Å². The zero-order chi connectivity index (χ0) is 17.4. The summed E-state index contributed by atoms with van der Waals surface area (Å²) in [7, 11) is 0. The molecule has 4 N–H and O–H groups in total. The van der Waals surface area contributed by atoms with Crippen LogP contribution in [0.25, 0.3) is 0 Å². The highest BCUT2D eigenvalue weighted by Crippen LogP contribution is 2.27. The average molecular weight is 338 g/mol. The summed E-state index contributed by atoms with van der Waals surface area (Å²) in [6, 6.07) is 0.258. The Morgan fingerprint density at radius 1 is 1.04 bits per heavy atom. The first-order chi connectivity index (χ1) is 11.6. The molecule has 2 rings (SSSR count). The minimum atomic E-state index is 0.0986. The maximum Gasteiger partial charge on any atom is 0.223 e. The van der Waals surface area contributed by atoms with Gasteiger partial charge in [0.25, 0.3) is 0 Å². The van der Waals surface area contributed by atoms with Crippen LogP contribution in [0.4, 0.5) is 0 Å². The molecule has 1 atom stereocenters. The van der Waals surface area contributed by atoms with Gasteiger partial charge in [-0.1, -0.05) is 26.2 Å². The maximum atomic E-state index is 12.2. The van der Waals surface area contributed by atoms with Crippen molar-refractivity contribution in [3.63, 3.8) is 0 Å². The van der Waals surface area contributed by atoms with Crippen molar-refractivity contribution >= 4 is 11.8 Å². The van der Waals surface area contributed by atoms with E-state index in [1.807, 2.05) is 6.92 Å². The van der Waals surface area contributed by atoms with Crippen molar-refractivity contribution in [3.05, 3.63) is 0 Å². The predicted octanol–water partition coefficient (Wildman–Crippen LogP) is 2.34. The van der Waals surface area contributed by atoms with Crippen LogP contribution in [0.15, 0.2) is 0 Å². The highest BCUT2D eigenvalue weighted by Gasteiger charge is 2.27. The van der Waals surface area contributed by atoms with Gasteiger partial charge in [-0.05, 0) is 56.9 Å². The fraction of sp³-hybridized carbons (Fsp3) is 0.895. The molecule has 2 aliphatic carbocycles. The zero-order valence-corrected chi connectivity index (χ0v) is 15.2. The number of nitrogens with two attached hydrogens (primary N) is 1. The van der Waals surface area contributed by atoms with Gasteiger partial charge < -0.3 is 16.4 Å². The molecule has 24 heavy (non-hydrogen) atoms. The van der Waals surface area contributed by atoms with E-state index in [9.17, 15) is 9.59 Å². The second kappa shape index (κ2) is 10.0. The van der Waals surface area contributed by atoms with Crippen LogP contribution in [0.2, 0.25) is 0 Å². The largest absolute Gasteiger partial charge is 0.356 e. The van der Waals surface area contributed by atoms with Gasteiger partial charge in [0.2, 0.25) is 11.8 Å². The Kier molecular flexibility index (Phi) is 8.03. The van der Waals surface area contributed by atoms with Gasteiger partial charge in [0.05, 0.1) is 0 Å². The molecule has 0 aliphatic heterocycles. The van der Waals surface area contributed by atoms with Crippen LogP contribution in [-0.4, -0.2) is 30.9 Å². The monoisotopic (exact) mass is 337 g/mol. The molecule has 5 nitrogen and oxygen atoms in total. The molecule has 0 saturated heterocycles. The quantitative estimate of drug-likeness (QED) is 0.667. The first kappa shape index (κ1) is 19.2. The van der Waals surface area contributed by atoms with E-state index >= 15 is 0 Å². The van der Waals surface area contributed by atoms with Crippen molar-refractivity contribution in [3.8, 4) is 0 Å². The summed E-state index contributed by atoms with van der Waals surface area (Å²) in [5, 5.41) is 6.20. The molecule has 0 bridgehead atoms. The number of carbonyl (C=O) groups is 2. The van der Waals surface area contributed by atoms with Crippen LogP contribution in [-0.2, 0) is 9.59 Å². The fourth-order valence-corrected chi connectivity index (χ4v) is 3.94. The van der Waals surface area contributed by atoms with Crippen LogP contribution < -0.4 is 16.4 Å². The van der Waals surface area contributed by atoms with E-state index in [2.05, 4.69) is 10.6 Å². The lowest BCUT2D eigenvalue weighted by Crippen LogP contribution is -2.42. The predicted molar refractivity (Wildman–Crippen MR) is 96.3 cm³/mol. The molecular weight excluding hydrogens is 302 g/mol. The van der Waals surface area contributed by atoms with E-state index < -0.39 is 0 Å². The van der Waals surface area contributed by atoms with E-state index in [0.29, 0.717) is 31.3 Å². The van der Waals surface area contributed by atoms with Gasteiger partial charge in [0.1, 0.15) is 0 Å². The summed E-state index contributed by atoms with van der Waals surface area (Å²) in [5.41, 5.74) is 5.58. The third-order valence-corrected chi connectivity index (χ3v) is 5.69. The van der Waals surface area contributed by atoms with Gasteiger partial charge in [-0.3, -0.25) is 9.59 Å².